The Balaban J connectivity index is 0.00000363. The van der Waals surface area contributed by atoms with Crippen LogP contribution in [0.25, 0.3) is 0 Å². The summed E-state index contributed by atoms with van der Waals surface area (Å²) in [4.78, 5) is 19.6. The molecule has 180 valence electrons. The van der Waals surface area contributed by atoms with Gasteiger partial charge < -0.3 is 25.0 Å². The number of carbonyl (C=O) groups is 1. The largest absolute Gasteiger partial charge is 0.497 e. The van der Waals surface area contributed by atoms with Crippen molar-refractivity contribution in [3.05, 3.63) is 24.3 Å². The Morgan fingerprint density at radius 2 is 1.97 bits per heavy atom. The SMILES string of the molecule is CCNC(=NCC(C)Oc1cccc(OC)c1)NC1CCN(C(=O)C2CCCCC2)C1.I. The molecule has 1 aliphatic carbocycles. The van der Waals surface area contributed by atoms with Crippen molar-refractivity contribution in [3.8, 4) is 11.5 Å². The van der Waals surface area contributed by atoms with Crippen LogP contribution in [0.2, 0.25) is 0 Å². The van der Waals surface area contributed by atoms with E-state index in [1.54, 1.807) is 7.11 Å². The van der Waals surface area contributed by atoms with Crippen LogP contribution in [0.15, 0.2) is 29.3 Å². The third kappa shape index (κ3) is 8.01. The molecule has 1 heterocycles. The van der Waals surface area contributed by atoms with E-state index < -0.39 is 0 Å². The van der Waals surface area contributed by atoms with Crippen LogP contribution < -0.4 is 20.1 Å². The smallest absolute Gasteiger partial charge is 0.225 e. The van der Waals surface area contributed by atoms with Crippen molar-refractivity contribution in [2.45, 2.75) is 64.5 Å². The first-order valence-electron chi connectivity index (χ1n) is 11.7. The molecule has 32 heavy (non-hydrogen) atoms. The van der Waals surface area contributed by atoms with Gasteiger partial charge in [-0.25, -0.2) is 4.99 Å². The molecule has 1 aromatic carbocycles. The highest BCUT2D eigenvalue weighted by molar-refractivity contribution is 14.0. The Morgan fingerprint density at radius 1 is 1.22 bits per heavy atom. The standard InChI is InChI=1S/C24H38N4O3.HI/c1-4-25-24(26-16-18(2)31-22-12-8-11-21(15-22)30-3)27-20-13-14-28(17-20)23(29)19-9-6-5-7-10-19;/h8,11-12,15,18-20H,4-7,9-10,13-14,16-17H2,1-3H3,(H2,25,26,27);1H. The Labute approximate surface area is 209 Å². The van der Waals surface area contributed by atoms with Gasteiger partial charge in [-0.2, -0.15) is 0 Å². The highest BCUT2D eigenvalue weighted by Crippen LogP contribution is 2.26. The van der Waals surface area contributed by atoms with E-state index in [1.165, 1.54) is 19.3 Å². The molecule has 3 rings (SSSR count). The first-order valence-corrected chi connectivity index (χ1v) is 11.7. The fraction of sp³-hybridized carbons (Fsp3) is 0.667. The number of carbonyl (C=O) groups excluding carboxylic acids is 1. The van der Waals surface area contributed by atoms with E-state index in [9.17, 15) is 4.79 Å². The molecule has 2 atom stereocenters. The van der Waals surface area contributed by atoms with Crippen LogP contribution in [0.4, 0.5) is 0 Å². The van der Waals surface area contributed by atoms with Crippen molar-refractivity contribution in [2.75, 3.05) is 33.3 Å². The van der Waals surface area contributed by atoms with Crippen molar-refractivity contribution >= 4 is 35.8 Å². The molecule has 1 saturated carbocycles. The van der Waals surface area contributed by atoms with E-state index in [0.29, 0.717) is 12.5 Å². The number of likely N-dealkylation sites (tertiary alicyclic amines) is 1. The molecule has 0 aromatic heterocycles. The normalized spacial score (nSPS) is 20.3. The van der Waals surface area contributed by atoms with E-state index in [2.05, 4.69) is 17.6 Å². The van der Waals surface area contributed by atoms with Crippen LogP contribution in [0.3, 0.4) is 0 Å². The molecule has 0 bridgehead atoms. The number of methoxy groups -OCH3 is 1. The predicted molar refractivity (Wildman–Crippen MR) is 139 cm³/mol. The van der Waals surface area contributed by atoms with Crippen LogP contribution in [-0.4, -0.2) is 62.2 Å². The number of amides is 1. The second-order valence-electron chi connectivity index (χ2n) is 8.58. The molecule has 8 heteroatoms. The average molecular weight is 559 g/mol. The molecule has 2 fully saturated rings. The summed E-state index contributed by atoms with van der Waals surface area (Å²) in [6, 6.07) is 7.84. The van der Waals surface area contributed by atoms with Gasteiger partial charge in [0.15, 0.2) is 5.96 Å². The maximum Gasteiger partial charge on any atom is 0.225 e. The van der Waals surface area contributed by atoms with Crippen LogP contribution in [0.1, 0.15) is 52.4 Å². The molecule has 1 amide bonds. The fourth-order valence-corrected chi connectivity index (χ4v) is 4.36. The second kappa shape index (κ2) is 13.7. The third-order valence-electron chi connectivity index (χ3n) is 6.02. The molecule has 0 radical (unpaired) electrons. The molecule has 0 spiro atoms. The number of rotatable bonds is 8. The van der Waals surface area contributed by atoms with Gasteiger partial charge in [-0.1, -0.05) is 25.3 Å². The zero-order valence-corrected chi connectivity index (χ0v) is 22.0. The summed E-state index contributed by atoms with van der Waals surface area (Å²) in [5.41, 5.74) is 0. The number of hydrogen-bond donors (Lipinski definition) is 2. The maximum atomic E-state index is 12.8. The number of ether oxygens (including phenoxy) is 2. The van der Waals surface area contributed by atoms with E-state index in [0.717, 1.165) is 56.4 Å². The monoisotopic (exact) mass is 558 g/mol. The van der Waals surface area contributed by atoms with Crippen LogP contribution in [-0.2, 0) is 4.79 Å². The Bertz CT molecular complexity index is 740. The van der Waals surface area contributed by atoms with Gasteiger partial charge in [0.1, 0.15) is 17.6 Å². The molecule has 7 nitrogen and oxygen atoms in total. The molecule has 2 unspecified atom stereocenters. The van der Waals surface area contributed by atoms with Crippen molar-refractivity contribution in [3.63, 3.8) is 0 Å². The Kier molecular flexibility index (Phi) is 11.4. The summed E-state index contributed by atoms with van der Waals surface area (Å²) in [5.74, 6) is 2.92. The molecule has 1 aliphatic heterocycles. The zero-order valence-electron chi connectivity index (χ0n) is 19.6. The lowest BCUT2D eigenvalue weighted by molar-refractivity contribution is -0.135. The van der Waals surface area contributed by atoms with E-state index >= 15 is 0 Å². The second-order valence-corrected chi connectivity index (χ2v) is 8.58. The first kappa shape index (κ1) is 26.5. The lowest BCUT2D eigenvalue weighted by Gasteiger charge is -2.26. The van der Waals surface area contributed by atoms with Gasteiger partial charge in [0.25, 0.3) is 0 Å². The summed E-state index contributed by atoms with van der Waals surface area (Å²) in [7, 11) is 1.65. The summed E-state index contributed by atoms with van der Waals surface area (Å²) in [5, 5.41) is 6.83. The molecule has 2 N–H and O–H groups in total. The minimum absolute atomic E-state index is 0. The van der Waals surface area contributed by atoms with Gasteiger partial charge in [-0.3, -0.25) is 4.79 Å². The number of nitrogens with zero attached hydrogens (tertiary/aromatic N) is 2. The topological polar surface area (TPSA) is 75.2 Å². The number of nitrogens with one attached hydrogen (secondary N) is 2. The fourth-order valence-electron chi connectivity index (χ4n) is 4.36. The summed E-state index contributed by atoms with van der Waals surface area (Å²) >= 11 is 0. The average Bonchev–Trinajstić information content (AvgIpc) is 3.26. The van der Waals surface area contributed by atoms with Gasteiger partial charge >= 0.3 is 0 Å². The van der Waals surface area contributed by atoms with Crippen LogP contribution in [0.5, 0.6) is 11.5 Å². The molecule has 2 aliphatic rings. The number of benzene rings is 1. The Hall–Kier alpha value is -1.71. The predicted octanol–water partition coefficient (Wildman–Crippen LogP) is 3.82. The van der Waals surface area contributed by atoms with Gasteiger partial charge in [-0.05, 0) is 45.2 Å². The highest BCUT2D eigenvalue weighted by atomic mass is 127. The molecule has 1 saturated heterocycles. The van der Waals surface area contributed by atoms with Gasteiger partial charge in [0, 0.05) is 37.7 Å². The van der Waals surface area contributed by atoms with Crippen molar-refractivity contribution in [1.82, 2.24) is 15.5 Å². The highest BCUT2D eigenvalue weighted by Gasteiger charge is 2.31. The zero-order chi connectivity index (χ0) is 22.1. The molecule has 1 aromatic rings. The lowest BCUT2D eigenvalue weighted by atomic mass is 9.88. The molecular formula is C24H39IN4O3. The Morgan fingerprint density at radius 3 is 2.69 bits per heavy atom. The number of halogens is 1. The van der Waals surface area contributed by atoms with Gasteiger partial charge in [-0.15, -0.1) is 24.0 Å². The van der Waals surface area contributed by atoms with Gasteiger partial charge in [0.05, 0.1) is 13.7 Å². The minimum Gasteiger partial charge on any atom is -0.497 e. The van der Waals surface area contributed by atoms with Crippen molar-refractivity contribution < 1.29 is 14.3 Å². The van der Waals surface area contributed by atoms with Crippen LogP contribution >= 0.6 is 24.0 Å². The van der Waals surface area contributed by atoms with E-state index in [4.69, 9.17) is 14.5 Å². The number of aliphatic imine (C=N–C) groups is 1. The van der Waals surface area contributed by atoms with Crippen molar-refractivity contribution in [1.29, 1.82) is 0 Å². The van der Waals surface area contributed by atoms with Crippen molar-refractivity contribution in [2.24, 2.45) is 10.9 Å². The van der Waals surface area contributed by atoms with E-state index in [-0.39, 0.29) is 42.0 Å². The quantitative estimate of drug-likeness (QED) is 0.289. The third-order valence-corrected chi connectivity index (χ3v) is 6.02. The number of guanidine groups is 1. The summed E-state index contributed by atoms with van der Waals surface area (Å²) in [6.45, 7) is 6.98. The lowest BCUT2D eigenvalue weighted by Crippen LogP contribution is -2.46. The molecular weight excluding hydrogens is 519 g/mol. The minimum atomic E-state index is -0.0736. The number of hydrogen-bond acceptors (Lipinski definition) is 4. The first-order chi connectivity index (χ1) is 15.1. The summed E-state index contributed by atoms with van der Waals surface area (Å²) in [6.07, 6.45) is 6.66. The van der Waals surface area contributed by atoms with Crippen LogP contribution in [0, 0.1) is 5.92 Å². The maximum absolute atomic E-state index is 12.8. The summed E-state index contributed by atoms with van der Waals surface area (Å²) < 4.78 is 11.2. The van der Waals surface area contributed by atoms with E-state index in [1.807, 2.05) is 36.1 Å². The van der Waals surface area contributed by atoms with Gasteiger partial charge in [0.2, 0.25) is 5.91 Å².